The Labute approximate surface area is 182 Å². The monoisotopic (exact) mass is 416 g/mol. The van der Waals surface area contributed by atoms with Crippen molar-refractivity contribution in [3.63, 3.8) is 0 Å². The minimum absolute atomic E-state index is 0.152. The molecule has 6 nitrogen and oxygen atoms in total. The lowest BCUT2D eigenvalue weighted by molar-refractivity contribution is 0.244. The molecule has 6 heteroatoms. The van der Waals surface area contributed by atoms with Crippen molar-refractivity contribution < 1.29 is 4.79 Å². The molecule has 1 heterocycles. The number of hydrogen-bond acceptors (Lipinski definition) is 3. The smallest absolute Gasteiger partial charge is 0.319 e. The van der Waals surface area contributed by atoms with Crippen LogP contribution in [0.5, 0.6) is 0 Å². The Morgan fingerprint density at radius 2 is 1.84 bits per heavy atom. The van der Waals surface area contributed by atoms with E-state index in [1.165, 1.54) is 19.3 Å². The van der Waals surface area contributed by atoms with Gasteiger partial charge in [-0.3, -0.25) is 9.79 Å². The van der Waals surface area contributed by atoms with Crippen molar-refractivity contribution in [2.24, 2.45) is 4.99 Å². The number of benzene rings is 1. The van der Waals surface area contributed by atoms with Crippen LogP contribution in [0.25, 0.3) is 11.3 Å². The van der Waals surface area contributed by atoms with Gasteiger partial charge < -0.3 is 15.6 Å². The summed E-state index contributed by atoms with van der Waals surface area (Å²) in [5.74, 6) is 0. The van der Waals surface area contributed by atoms with Crippen molar-refractivity contribution in [1.29, 1.82) is 0 Å². The van der Waals surface area contributed by atoms with E-state index < -0.39 is 0 Å². The number of H-pyrrole nitrogens is 1. The van der Waals surface area contributed by atoms with Crippen molar-refractivity contribution in [3.05, 3.63) is 70.0 Å². The summed E-state index contributed by atoms with van der Waals surface area (Å²) >= 11 is 0. The highest BCUT2D eigenvalue weighted by Gasteiger charge is 2.17. The van der Waals surface area contributed by atoms with Crippen LogP contribution < -0.4 is 16.2 Å². The average Bonchev–Trinajstić information content (AvgIpc) is 2.90. The number of carbonyl (C=O) groups excluding carboxylic acids is 1. The Kier molecular flexibility index (Phi) is 6.16. The first-order chi connectivity index (χ1) is 15.0. The van der Waals surface area contributed by atoms with Gasteiger partial charge in [0.15, 0.2) is 0 Å². The number of amides is 2. The highest BCUT2D eigenvalue weighted by molar-refractivity contribution is 6.06. The zero-order valence-electron chi connectivity index (χ0n) is 18.0. The molecule has 2 aliphatic carbocycles. The van der Waals surface area contributed by atoms with Crippen LogP contribution in [0.2, 0.25) is 0 Å². The topological polar surface area (TPSA) is 86.3 Å². The number of rotatable bonds is 4. The van der Waals surface area contributed by atoms with Crippen LogP contribution in [-0.4, -0.2) is 22.8 Å². The number of aromatic amines is 1. The lowest BCUT2D eigenvalue weighted by Gasteiger charge is -2.22. The molecule has 1 fully saturated rings. The lowest BCUT2D eigenvalue weighted by atomic mass is 9.96. The van der Waals surface area contributed by atoms with Gasteiger partial charge in [-0.25, -0.2) is 4.79 Å². The normalized spacial score (nSPS) is 15.1. The van der Waals surface area contributed by atoms with Gasteiger partial charge in [0.05, 0.1) is 17.0 Å². The summed E-state index contributed by atoms with van der Waals surface area (Å²) in [4.78, 5) is 32.6. The number of aliphatic imine (C=N–C) groups is 1. The van der Waals surface area contributed by atoms with Gasteiger partial charge in [-0.15, -0.1) is 0 Å². The Bertz CT molecular complexity index is 1140. The van der Waals surface area contributed by atoms with Crippen LogP contribution in [0.4, 0.5) is 16.2 Å². The summed E-state index contributed by atoms with van der Waals surface area (Å²) in [6, 6.07) is 15.2. The van der Waals surface area contributed by atoms with E-state index in [2.05, 4.69) is 15.6 Å². The fourth-order valence-electron chi connectivity index (χ4n) is 4.18. The number of hydrogen-bond donors (Lipinski definition) is 3. The molecule has 1 aliphatic heterocycles. The predicted octanol–water partition coefficient (Wildman–Crippen LogP) is 5.38. The number of urea groups is 1. The first-order valence-corrected chi connectivity index (χ1v) is 10.9. The van der Waals surface area contributed by atoms with Gasteiger partial charge in [0.2, 0.25) is 0 Å². The second-order valence-corrected chi connectivity index (χ2v) is 8.20. The van der Waals surface area contributed by atoms with Crippen LogP contribution >= 0.6 is 0 Å². The fraction of sp³-hybridized carbons (Fsp3) is 0.320. The van der Waals surface area contributed by atoms with Crippen molar-refractivity contribution in [2.75, 3.05) is 5.32 Å². The Balaban J connectivity index is 1.56. The number of aromatic nitrogens is 1. The van der Waals surface area contributed by atoms with Gasteiger partial charge in [-0.1, -0.05) is 49.6 Å². The Morgan fingerprint density at radius 3 is 2.65 bits per heavy atom. The second kappa shape index (κ2) is 9.16. The van der Waals surface area contributed by atoms with E-state index >= 15 is 0 Å². The third-order valence-electron chi connectivity index (χ3n) is 5.84. The lowest BCUT2D eigenvalue weighted by Crippen LogP contribution is -2.39. The number of fused-ring (bicyclic) bond motifs is 1. The molecule has 0 radical (unpaired) electrons. The average molecular weight is 417 g/mol. The van der Waals surface area contributed by atoms with Gasteiger partial charge >= 0.3 is 6.03 Å². The third kappa shape index (κ3) is 4.85. The zero-order valence-corrected chi connectivity index (χ0v) is 18.0. The van der Waals surface area contributed by atoms with Gasteiger partial charge in [0.1, 0.15) is 0 Å². The van der Waals surface area contributed by atoms with Gasteiger partial charge in [0.25, 0.3) is 5.56 Å². The molecular formula is C25H28N4O2. The van der Waals surface area contributed by atoms with E-state index in [0.717, 1.165) is 35.3 Å². The molecule has 3 N–H and O–H groups in total. The summed E-state index contributed by atoms with van der Waals surface area (Å²) in [5.41, 5.74) is 5.05. The summed E-state index contributed by atoms with van der Waals surface area (Å²) in [6.45, 7) is 3.80. The molecule has 4 rings (SSSR count). The second-order valence-electron chi connectivity index (χ2n) is 8.20. The predicted molar refractivity (Wildman–Crippen MR) is 126 cm³/mol. The number of aryl methyl sites for hydroxylation is 1. The maximum absolute atomic E-state index is 12.6. The van der Waals surface area contributed by atoms with E-state index in [4.69, 9.17) is 4.99 Å². The third-order valence-corrected chi connectivity index (χ3v) is 5.84. The van der Waals surface area contributed by atoms with Crippen LogP contribution in [-0.2, 0) is 0 Å². The molecule has 0 spiro atoms. The zero-order chi connectivity index (χ0) is 21.8. The first-order valence-electron chi connectivity index (χ1n) is 10.9. The van der Waals surface area contributed by atoms with Crippen molar-refractivity contribution >= 4 is 23.1 Å². The fourth-order valence-corrected chi connectivity index (χ4v) is 4.18. The van der Waals surface area contributed by atoms with Gasteiger partial charge in [-0.2, -0.15) is 0 Å². The van der Waals surface area contributed by atoms with E-state index in [9.17, 15) is 9.59 Å². The van der Waals surface area contributed by atoms with Crippen LogP contribution in [0.15, 0.2) is 58.3 Å². The molecule has 3 aliphatic rings. The van der Waals surface area contributed by atoms with Crippen LogP contribution in [0.3, 0.4) is 0 Å². The molecule has 0 unspecified atom stereocenters. The van der Waals surface area contributed by atoms with E-state index in [-0.39, 0.29) is 17.6 Å². The standard InChI is InChI=1S/C25H28N4O2/c1-16-13-14-19(28-25(31)27-18-9-5-3-6-10-18)15-22(16)26-17(2)23-20-11-7-4-8-12-21(20)29-24(23)30/h4,7-8,11-15,18H,3,5-6,9-10H2,1-2H3,(H,29,30)(H2,27,28,31)/b26-17+. The Morgan fingerprint density at radius 1 is 1.06 bits per heavy atom. The van der Waals surface area contributed by atoms with Crippen molar-refractivity contribution in [3.8, 4) is 11.3 Å². The van der Waals surface area contributed by atoms with Crippen molar-refractivity contribution in [2.45, 2.75) is 52.0 Å². The summed E-state index contributed by atoms with van der Waals surface area (Å²) in [7, 11) is 0. The van der Waals surface area contributed by atoms with Crippen LogP contribution in [0, 0.1) is 6.92 Å². The van der Waals surface area contributed by atoms with Crippen molar-refractivity contribution in [1.82, 2.24) is 10.3 Å². The summed E-state index contributed by atoms with van der Waals surface area (Å²) < 4.78 is 0. The highest BCUT2D eigenvalue weighted by atomic mass is 16.2. The molecule has 0 atom stereocenters. The molecule has 31 heavy (non-hydrogen) atoms. The maximum atomic E-state index is 12.6. The number of nitrogens with one attached hydrogen (secondary N) is 3. The Hall–Kier alpha value is -3.41. The minimum atomic E-state index is -0.187. The molecule has 1 aromatic rings. The summed E-state index contributed by atoms with van der Waals surface area (Å²) in [6.07, 6.45) is 5.66. The minimum Gasteiger partial charge on any atom is -0.335 e. The molecule has 2 amide bonds. The highest BCUT2D eigenvalue weighted by Crippen LogP contribution is 2.27. The SMILES string of the molecule is C/C(=N\c1cc(NC(=O)NC2CCCCC2)ccc1C)c1c2cccccc-2[nH]c1=O. The van der Waals surface area contributed by atoms with Crippen LogP contribution in [0.1, 0.15) is 50.2 Å². The number of carbonyl (C=O) groups is 1. The maximum Gasteiger partial charge on any atom is 0.319 e. The van der Waals surface area contributed by atoms with E-state index in [1.54, 1.807) is 0 Å². The quantitative estimate of drug-likeness (QED) is 0.499. The molecule has 0 saturated heterocycles. The molecule has 0 aromatic heterocycles. The van der Waals surface area contributed by atoms with E-state index in [1.807, 2.05) is 62.4 Å². The molecule has 0 bridgehead atoms. The molecule has 1 saturated carbocycles. The largest absolute Gasteiger partial charge is 0.335 e. The first kappa shape index (κ1) is 20.8. The molecule has 1 aromatic carbocycles. The molecule has 160 valence electrons. The van der Waals surface area contributed by atoms with Gasteiger partial charge in [0, 0.05) is 23.0 Å². The molecular weight excluding hydrogens is 388 g/mol. The summed E-state index contributed by atoms with van der Waals surface area (Å²) in [5, 5.41) is 5.99. The number of anilines is 1. The number of nitrogens with zero attached hydrogens (tertiary/aromatic N) is 1. The van der Waals surface area contributed by atoms with E-state index in [0.29, 0.717) is 17.0 Å². The van der Waals surface area contributed by atoms with Gasteiger partial charge in [-0.05, 0) is 50.5 Å².